The largest absolute Gasteiger partial charge is 0.297 e. The molecule has 1 aromatic heterocycles. The third kappa shape index (κ3) is 1.75. The van der Waals surface area contributed by atoms with Crippen molar-refractivity contribution in [3.63, 3.8) is 0 Å². The molecule has 2 aromatic rings. The first-order valence-corrected chi connectivity index (χ1v) is 6.41. The molecule has 2 nitrogen and oxygen atoms in total. The van der Waals surface area contributed by atoms with Crippen molar-refractivity contribution in [2.45, 2.75) is 25.3 Å². The molecule has 1 aliphatic rings. The van der Waals surface area contributed by atoms with Crippen LogP contribution in [0.1, 0.15) is 30.5 Å². The molecule has 0 aliphatic carbocycles. The van der Waals surface area contributed by atoms with Gasteiger partial charge in [0.25, 0.3) is 5.92 Å². The van der Waals surface area contributed by atoms with Gasteiger partial charge in [-0.2, -0.15) is 8.78 Å². The predicted octanol–water partition coefficient (Wildman–Crippen LogP) is 3.80. The third-order valence-corrected chi connectivity index (χ3v) is 3.62. The van der Waals surface area contributed by atoms with E-state index in [1.54, 1.807) is 36.7 Å². The number of hydrogen-bond acceptors (Lipinski definition) is 2. The predicted molar refractivity (Wildman–Crippen MR) is 74.3 cm³/mol. The molecular formula is C16H14F2N2. The van der Waals surface area contributed by atoms with Gasteiger partial charge in [-0.15, -0.1) is 0 Å². The fourth-order valence-corrected chi connectivity index (χ4v) is 2.43. The summed E-state index contributed by atoms with van der Waals surface area (Å²) in [5, 5.41) is 0. The molecule has 4 heteroatoms. The molecule has 0 radical (unpaired) electrons. The average Bonchev–Trinajstić information content (AvgIpc) is 2.44. The first-order valence-electron chi connectivity index (χ1n) is 6.41. The molecule has 0 fully saturated rings. The van der Waals surface area contributed by atoms with Crippen LogP contribution in [0.2, 0.25) is 0 Å². The van der Waals surface area contributed by atoms with E-state index < -0.39 is 11.5 Å². The van der Waals surface area contributed by atoms with Gasteiger partial charge < -0.3 is 0 Å². The summed E-state index contributed by atoms with van der Waals surface area (Å²) in [6, 6.07) is 10.2. The average molecular weight is 272 g/mol. The maximum absolute atomic E-state index is 14.5. The monoisotopic (exact) mass is 272 g/mol. The lowest BCUT2D eigenvalue weighted by atomic mass is 9.82. The van der Waals surface area contributed by atoms with E-state index in [9.17, 15) is 8.78 Å². The lowest BCUT2D eigenvalue weighted by molar-refractivity contribution is -0.0681. The van der Waals surface area contributed by atoms with Crippen molar-refractivity contribution >= 4 is 5.71 Å². The summed E-state index contributed by atoms with van der Waals surface area (Å²) in [5.41, 5.74) is 0.351. The van der Waals surface area contributed by atoms with Gasteiger partial charge in [-0.1, -0.05) is 24.3 Å². The number of aliphatic imine (C=N–C) groups is 1. The van der Waals surface area contributed by atoms with Crippen LogP contribution in [0.5, 0.6) is 0 Å². The number of rotatable bonds is 1. The van der Waals surface area contributed by atoms with Gasteiger partial charge in [0.15, 0.2) is 0 Å². The van der Waals surface area contributed by atoms with Crippen molar-refractivity contribution in [3.8, 4) is 0 Å². The molecule has 102 valence electrons. The van der Waals surface area contributed by atoms with Crippen LogP contribution in [0.3, 0.4) is 0 Å². The number of pyridine rings is 1. The summed E-state index contributed by atoms with van der Waals surface area (Å²) >= 11 is 0. The molecule has 20 heavy (non-hydrogen) atoms. The van der Waals surface area contributed by atoms with Gasteiger partial charge >= 0.3 is 0 Å². The van der Waals surface area contributed by atoms with Crippen LogP contribution in [-0.4, -0.2) is 16.2 Å². The zero-order valence-electron chi connectivity index (χ0n) is 11.3. The van der Waals surface area contributed by atoms with Crippen molar-refractivity contribution < 1.29 is 8.78 Å². The highest BCUT2D eigenvalue weighted by atomic mass is 19.3. The standard InChI is InChI=1S/C16H14F2N2/c1-15(2)16(17,18)13-8-4-3-7-12(13)14(20-15)11-6-5-9-19-10-11/h3-10H,1-2H3. The van der Waals surface area contributed by atoms with Crippen LogP contribution in [0.15, 0.2) is 53.8 Å². The Morgan fingerprint density at radius 3 is 2.45 bits per heavy atom. The molecule has 2 heterocycles. The minimum Gasteiger partial charge on any atom is -0.271 e. The Kier molecular flexibility index (Phi) is 2.71. The van der Waals surface area contributed by atoms with E-state index in [0.29, 0.717) is 11.3 Å². The molecule has 0 bridgehead atoms. The van der Waals surface area contributed by atoms with E-state index in [0.717, 1.165) is 5.56 Å². The third-order valence-electron chi connectivity index (χ3n) is 3.62. The summed E-state index contributed by atoms with van der Waals surface area (Å²) < 4.78 is 29.1. The van der Waals surface area contributed by atoms with E-state index in [1.807, 2.05) is 6.07 Å². The van der Waals surface area contributed by atoms with Crippen molar-refractivity contribution in [1.82, 2.24) is 4.98 Å². The maximum Gasteiger partial charge on any atom is 0.297 e. The fraction of sp³-hybridized carbons (Fsp3) is 0.250. The second-order valence-electron chi connectivity index (χ2n) is 5.38. The van der Waals surface area contributed by atoms with Gasteiger partial charge in [0.2, 0.25) is 0 Å². The summed E-state index contributed by atoms with van der Waals surface area (Å²) in [7, 11) is 0. The first-order chi connectivity index (χ1) is 9.43. The Hall–Kier alpha value is -2.10. The lowest BCUT2D eigenvalue weighted by Crippen LogP contribution is -2.44. The summed E-state index contributed by atoms with van der Waals surface area (Å²) in [6.07, 6.45) is 3.30. The van der Waals surface area contributed by atoms with Crippen LogP contribution < -0.4 is 0 Å². The molecule has 0 saturated heterocycles. The number of benzene rings is 1. The van der Waals surface area contributed by atoms with Gasteiger partial charge in [0.05, 0.1) is 5.71 Å². The fourth-order valence-electron chi connectivity index (χ4n) is 2.43. The molecule has 0 amide bonds. The highest BCUT2D eigenvalue weighted by Gasteiger charge is 2.52. The molecule has 1 aromatic carbocycles. The zero-order valence-corrected chi connectivity index (χ0v) is 11.3. The number of aromatic nitrogens is 1. The first kappa shape index (κ1) is 12.9. The Morgan fingerprint density at radius 1 is 1.00 bits per heavy atom. The number of nitrogens with zero attached hydrogens (tertiary/aromatic N) is 2. The smallest absolute Gasteiger partial charge is 0.271 e. The quantitative estimate of drug-likeness (QED) is 0.775. The highest BCUT2D eigenvalue weighted by Crippen LogP contribution is 2.46. The van der Waals surface area contributed by atoms with Gasteiger partial charge in [0, 0.05) is 29.1 Å². The number of alkyl halides is 2. The Balaban J connectivity index is 2.29. The molecule has 0 saturated carbocycles. The molecule has 0 atom stereocenters. The van der Waals surface area contributed by atoms with Crippen LogP contribution in [-0.2, 0) is 5.92 Å². The maximum atomic E-state index is 14.5. The zero-order chi connectivity index (χ0) is 14.4. The van der Waals surface area contributed by atoms with E-state index >= 15 is 0 Å². The minimum absolute atomic E-state index is 0.0267. The molecule has 0 unspecified atom stereocenters. The second kappa shape index (κ2) is 4.20. The topological polar surface area (TPSA) is 25.2 Å². The summed E-state index contributed by atoms with van der Waals surface area (Å²) in [4.78, 5) is 8.35. The van der Waals surface area contributed by atoms with Gasteiger partial charge in [-0.3, -0.25) is 9.98 Å². The number of halogens is 2. The van der Waals surface area contributed by atoms with Crippen LogP contribution in [0.25, 0.3) is 0 Å². The van der Waals surface area contributed by atoms with Crippen LogP contribution in [0, 0.1) is 0 Å². The van der Waals surface area contributed by atoms with Crippen molar-refractivity contribution in [2.75, 3.05) is 0 Å². The SMILES string of the molecule is CC1(C)N=C(c2cccnc2)c2ccccc2C1(F)F. The van der Waals surface area contributed by atoms with Gasteiger partial charge in [-0.05, 0) is 26.0 Å². The molecule has 0 N–H and O–H groups in total. The minimum atomic E-state index is -2.99. The Bertz CT molecular complexity index is 676. The van der Waals surface area contributed by atoms with E-state index in [-0.39, 0.29) is 5.56 Å². The Morgan fingerprint density at radius 2 is 1.75 bits per heavy atom. The molecule has 3 rings (SSSR count). The second-order valence-corrected chi connectivity index (χ2v) is 5.38. The van der Waals surface area contributed by atoms with Crippen molar-refractivity contribution in [3.05, 3.63) is 65.5 Å². The van der Waals surface area contributed by atoms with Crippen LogP contribution in [0.4, 0.5) is 8.78 Å². The highest BCUT2D eigenvalue weighted by molar-refractivity contribution is 6.14. The van der Waals surface area contributed by atoms with Crippen LogP contribution >= 0.6 is 0 Å². The van der Waals surface area contributed by atoms with E-state index in [1.165, 1.54) is 19.9 Å². The number of hydrogen-bond donors (Lipinski definition) is 0. The normalized spacial score (nSPS) is 19.1. The van der Waals surface area contributed by atoms with Crippen molar-refractivity contribution in [1.29, 1.82) is 0 Å². The Labute approximate surface area is 116 Å². The van der Waals surface area contributed by atoms with Crippen molar-refractivity contribution in [2.24, 2.45) is 4.99 Å². The molecule has 0 spiro atoms. The molecular weight excluding hydrogens is 258 g/mol. The summed E-state index contributed by atoms with van der Waals surface area (Å²) in [5.74, 6) is -2.99. The van der Waals surface area contributed by atoms with Gasteiger partial charge in [0.1, 0.15) is 5.54 Å². The van der Waals surface area contributed by atoms with Gasteiger partial charge in [-0.25, -0.2) is 0 Å². The number of fused-ring (bicyclic) bond motifs is 1. The van der Waals surface area contributed by atoms with E-state index in [2.05, 4.69) is 9.98 Å². The lowest BCUT2D eigenvalue weighted by Gasteiger charge is -2.37. The van der Waals surface area contributed by atoms with E-state index in [4.69, 9.17) is 0 Å². The molecule has 1 aliphatic heterocycles. The summed E-state index contributed by atoms with van der Waals surface area (Å²) in [6.45, 7) is 2.92.